The van der Waals surface area contributed by atoms with Crippen LogP contribution in [-0.2, 0) is 25.6 Å². The van der Waals surface area contributed by atoms with Gasteiger partial charge in [0.2, 0.25) is 5.67 Å². The van der Waals surface area contributed by atoms with E-state index in [2.05, 4.69) is 9.97 Å². The van der Waals surface area contributed by atoms with Gasteiger partial charge in [0.1, 0.15) is 12.4 Å². The van der Waals surface area contributed by atoms with Gasteiger partial charge in [-0.25, -0.2) is 19.2 Å². The van der Waals surface area contributed by atoms with Crippen molar-refractivity contribution in [2.45, 2.75) is 26.1 Å². The Morgan fingerprint density at radius 3 is 2.75 bits per heavy atom. The number of anilines is 1. The molecule has 24 heavy (non-hydrogen) atoms. The molecule has 1 spiro atoms. The number of hydrogen-bond donors (Lipinski definition) is 0. The van der Waals surface area contributed by atoms with Crippen molar-refractivity contribution in [2.24, 2.45) is 5.41 Å². The van der Waals surface area contributed by atoms with Crippen LogP contribution in [0.5, 0.6) is 0 Å². The van der Waals surface area contributed by atoms with Crippen molar-refractivity contribution in [2.75, 3.05) is 44.9 Å². The van der Waals surface area contributed by atoms with Crippen LogP contribution < -0.4 is 4.90 Å². The van der Waals surface area contributed by atoms with Gasteiger partial charge >= 0.3 is 5.97 Å². The molecule has 0 bridgehead atoms. The summed E-state index contributed by atoms with van der Waals surface area (Å²) in [6.07, 6.45) is 0. The summed E-state index contributed by atoms with van der Waals surface area (Å²) in [5.74, 6) is 0.294. The van der Waals surface area contributed by atoms with Crippen LogP contribution in [0.15, 0.2) is 6.07 Å². The second-order valence-electron chi connectivity index (χ2n) is 6.37. The second kappa shape index (κ2) is 6.25. The molecule has 2 fully saturated rings. The van der Waals surface area contributed by atoms with Gasteiger partial charge in [0.05, 0.1) is 31.8 Å². The minimum atomic E-state index is -2.10. The molecule has 0 aliphatic carbocycles. The monoisotopic (exact) mass is 339 g/mol. The van der Waals surface area contributed by atoms with Gasteiger partial charge in [-0.15, -0.1) is 0 Å². The predicted octanol–water partition coefficient (Wildman–Crippen LogP) is 1.04. The molecule has 1 aromatic rings. The predicted molar refractivity (Wildman–Crippen MR) is 83.4 cm³/mol. The molecule has 2 aliphatic heterocycles. The molecule has 0 N–H and O–H groups in total. The average Bonchev–Trinajstić information content (AvgIpc) is 2.82. The minimum absolute atomic E-state index is 0.0991. The third-order valence-electron chi connectivity index (χ3n) is 4.58. The van der Waals surface area contributed by atoms with Gasteiger partial charge in [0.15, 0.2) is 5.82 Å². The van der Waals surface area contributed by atoms with Crippen molar-refractivity contribution in [1.29, 1.82) is 0 Å². The van der Waals surface area contributed by atoms with Gasteiger partial charge in [-0.1, -0.05) is 0 Å². The number of esters is 1. The first-order chi connectivity index (χ1) is 11.4. The van der Waals surface area contributed by atoms with Crippen molar-refractivity contribution >= 4 is 11.8 Å². The lowest BCUT2D eigenvalue weighted by molar-refractivity contribution is -0.196. The zero-order valence-corrected chi connectivity index (χ0v) is 14.2. The van der Waals surface area contributed by atoms with Crippen LogP contribution in [0.1, 0.15) is 18.4 Å². The Hall–Kier alpha value is -1.80. The molecule has 3 rings (SSSR count). The molecule has 0 radical (unpaired) electrons. The number of carbonyl (C=O) groups excluding carboxylic acids is 1. The summed E-state index contributed by atoms with van der Waals surface area (Å²) in [4.78, 5) is 22.8. The van der Waals surface area contributed by atoms with Crippen LogP contribution in [-0.4, -0.2) is 61.6 Å². The summed E-state index contributed by atoms with van der Waals surface area (Å²) in [7, 11) is 1.56. The Labute approximate surface area is 140 Å². The lowest BCUT2D eigenvalue weighted by Gasteiger charge is -2.43. The van der Waals surface area contributed by atoms with Crippen LogP contribution in [0.4, 0.5) is 10.2 Å². The summed E-state index contributed by atoms with van der Waals surface area (Å²) < 4.78 is 30.9. The SMILES string of the molecule is CCOC(=O)[C@]1(F)CN(c2cc(C)nc(COC)n2)CC12COC2. The molecule has 0 aromatic carbocycles. The quantitative estimate of drug-likeness (QED) is 0.742. The molecule has 132 valence electrons. The zero-order valence-electron chi connectivity index (χ0n) is 14.2. The number of aromatic nitrogens is 2. The van der Waals surface area contributed by atoms with Crippen LogP contribution >= 0.6 is 0 Å². The molecule has 8 heteroatoms. The van der Waals surface area contributed by atoms with Gasteiger partial charge in [0.25, 0.3) is 0 Å². The van der Waals surface area contributed by atoms with Crippen molar-refractivity contribution < 1.29 is 23.4 Å². The lowest BCUT2D eigenvalue weighted by atomic mass is 9.74. The molecule has 3 heterocycles. The van der Waals surface area contributed by atoms with Gasteiger partial charge < -0.3 is 19.1 Å². The van der Waals surface area contributed by atoms with E-state index in [4.69, 9.17) is 14.2 Å². The van der Waals surface area contributed by atoms with E-state index >= 15 is 4.39 Å². The Morgan fingerprint density at radius 2 is 2.17 bits per heavy atom. The molecular formula is C16H22FN3O4. The largest absolute Gasteiger partial charge is 0.464 e. The van der Waals surface area contributed by atoms with E-state index in [0.29, 0.717) is 18.2 Å². The summed E-state index contributed by atoms with van der Waals surface area (Å²) >= 11 is 0. The molecule has 1 aromatic heterocycles. The Kier molecular flexibility index (Phi) is 4.44. The Bertz CT molecular complexity index is 638. The van der Waals surface area contributed by atoms with Gasteiger partial charge in [-0.3, -0.25) is 0 Å². The van der Waals surface area contributed by atoms with Crippen molar-refractivity contribution in [3.8, 4) is 0 Å². The number of alkyl halides is 1. The molecule has 1 atom stereocenters. The fraction of sp³-hybridized carbons (Fsp3) is 0.688. The number of rotatable bonds is 5. The first-order valence-electron chi connectivity index (χ1n) is 7.96. The fourth-order valence-electron chi connectivity index (χ4n) is 3.30. The normalized spacial score (nSPS) is 24.9. The first kappa shape index (κ1) is 17.0. The number of nitrogens with zero attached hydrogens (tertiary/aromatic N) is 3. The average molecular weight is 339 g/mol. The first-order valence-corrected chi connectivity index (χ1v) is 7.96. The van der Waals surface area contributed by atoms with E-state index in [1.807, 2.05) is 6.92 Å². The third kappa shape index (κ3) is 2.63. The molecule has 0 saturated carbocycles. The number of aryl methyl sites for hydroxylation is 1. The zero-order chi connectivity index (χ0) is 17.4. The van der Waals surface area contributed by atoms with E-state index in [-0.39, 0.29) is 33.0 Å². The summed E-state index contributed by atoms with van der Waals surface area (Å²) in [5.41, 5.74) is -2.21. The van der Waals surface area contributed by atoms with Gasteiger partial charge in [-0.2, -0.15) is 0 Å². The highest BCUT2D eigenvalue weighted by molar-refractivity contribution is 5.83. The third-order valence-corrected chi connectivity index (χ3v) is 4.58. The van der Waals surface area contributed by atoms with Crippen molar-refractivity contribution in [3.05, 3.63) is 17.6 Å². The van der Waals surface area contributed by atoms with E-state index in [9.17, 15) is 4.79 Å². The van der Waals surface area contributed by atoms with E-state index in [0.717, 1.165) is 5.69 Å². The van der Waals surface area contributed by atoms with E-state index in [1.165, 1.54) is 0 Å². The molecular weight excluding hydrogens is 317 g/mol. The Morgan fingerprint density at radius 1 is 1.42 bits per heavy atom. The Balaban J connectivity index is 1.90. The molecule has 7 nitrogen and oxygen atoms in total. The standard InChI is InChI=1S/C16H22FN3O4/c1-4-24-14(21)16(17)8-20(7-15(16)9-23-10-15)13-5-11(2)18-12(19-13)6-22-3/h5H,4,6-10H2,1-3H3/t16-/m1/s1. The highest BCUT2D eigenvalue weighted by atomic mass is 19.1. The van der Waals surface area contributed by atoms with E-state index in [1.54, 1.807) is 25.0 Å². The van der Waals surface area contributed by atoms with E-state index < -0.39 is 17.1 Å². The molecule has 2 aliphatic rings. The number of ether oxygens (including phenoxy) is 3. The highest BCUT2D eigenvalue weighted by Gasteiger charge is 2.68. The summed E-state index contributed by atoms with van der Waals surface area (Å²) in [6.45, 7) is 4.59. The maximum atomic E-state index is 15.6. The maximum Gasteiger partial charge on any atom is 0.346 e. The second-order valence-corrected chi connectivity index (χ2v) is 6.37. The highest BCUT2D eigenvalue weighted by Crippen LogP contribution is 2.49. The van der Waals surface area contributed by atoms with Crippen LogP contribution in [0.25, 0.3) is 0 Å². The summed E-state index contributed by atoms with van der Waals surface area (Å²) in [5, 5.41) is 0. The van der Waals surface area contributed by atoms with Crippen molar-refractivity contribution in [3.63, 3.8) is 0 Å². The number of carbonyl (C=O) groups is 1. The summed E-state index contributed by atoms with van der Waals surface area (Å²) in [6, 6.07) is 1.78. The van der Waals surface area contributed by atoms with Crippen molar-refractivity contribution in [1.82, 2.24) is 9.97 Å². The number of halogens is 1. The lowest BCUT2D eigenvalue weighted by Crippen LogP contribution is -2.61. The minimum Gasteiger partial charge on any atom is -0.464 e. The number of hydrogen-bond acceptors (Lipinski definition) is 7. The van der Waals surface area contributed by atoms with Gasteiger partial charge in [0, 0.05) is 25.4 Å². The maximum absolute atomic E-state index is 15.6. The molecule has 2 saturated heterocycles. The molecule has 0 amide bonds. The number of methoxy groups -OCH3 is 1. The van der Waals surface area contributed by atoms with Crippen LogP contribution in [0, 0.1) is 12.3 Å². The molecule has 0 unspecified atom stereocenters. The van der Waals surface area contributed by atoms with Gasteiger partial charge in [-0.05, 0) is 13.8 Å². The topological polar surface area (TPSA) is 73.8 Å². The fourth-order valence-corrected chi connectivity index (χ4v) is 3.30. The van der Waals surface area contributed by atoms with Crippen LogP contribution in [0.2, 0.25) is 0 Å². The smallest absolute Gasteiger partial charge is 0.346 e. The van der Waals surface area contributed by atoms with Crippen LogP contribution in [0.3, 0.4) is 0 Å².